The molecule has 1 aromatic carbocycles. The van der Waals surface area contributed by atoms with Crippen LogP contribution in [-0.2, 0) is 0 Å². The van der Waals surface area contributed by atoms with Crippen molar-refractivity contribution in [1.82, 2.24) is 9.88 Å². The lowest BCUT2D eigenvalue weighted by Crippen LogP contribution is -2.39. The Kier molecular flexibility index (Phi) is 4.85. The van der Waals surface area contributed by atoms with Gasteiger partial charge in [0.25, 0.3) is 0 Å². The molecule has 5 heteroatoms. The molecule has 2 heterocycles. The Bertz CT molecular complexity index is 615. The van der Waals surface area contributed by atoms with Gasteiger partial charge in [0.2, 0.25) is 0 Å². The topological polar surface area (TPSA) is 28.2 Å². The van der Waals surface area contributed by atoms with Crippen molar-refractivity contribution in [2.75, 3.05) is 25.0 Å². The van der Waals surface area contributed by atoms with Gasteiger partial charge in [0.15, 0.2) is 5.13 Å². The summed E-state index contributed by atoms with van der Waals surface area (Å²) in [5.41, 5.74) is 1.85. The van der Waals surface area contributed by atoms with E-state index in [1.807, 2.05) is 11.5 Å². The lowest BCUT2D eigenvalue weighted by Gasteiger charge is -2.31. The average Bonchev–Trinajstić information content (AvgIpc) is 2.99. The van der Waals surface area contributed by atoms with Crippen molar-refractivity contribution >= 4 is 16.5 Å². The quantitative estimate of drug-likeness (QED) is 0.845. The van der Waals surface area contributed by atoms with Crippen molar-refractivity contribution in [1.29, 1.82) is 0 Å². The van der Waals surface area contributed by atoms with Crippen LogP contribution in [0.5, 0.6) is 0 Å². The molecule has 2 aromatic rings. The molecule has 0 bridgehead atoms. The summed E-state index contributed by atoms with van der Waals surface area (Å²) < 4.78 is 13.0. The maximum atomic E-state index is 13.0. The third kappa shape index (κ3) is 3.72. The number of anilines is 1. The van der Waals surface area contributed by atoms with Crippen LogP contribution in [0.4, 0.5) is 9.52 Å². The second-order valence-electron chi connectivity index (χ2n) is 5.55. The number of hydrogen-bond donors (Lipinski definition) is 1. The smallest absolute Gasteiger partial charge is 0.183 e. The second kappa shape index (κ2) is 7.03. The Morgan fingerprint density at radius 3 is 2.73 bits per heavy atom. The summed E-state index contributed by atoms with van der Waals surface area (Å²) in [5.74, 6) is -0.219. The zero-order chi connectivity index (χ0) is 15.4. The molecule has 0 radical (unpaired) electrons. The Morgan fingerprint density at radius 1 is 1.32 bits per heavy atom. The summed E-state index contributed by atoms with van der Waals surface area (Å²) in [6.07, 6.45) is 4.21. The highest BCUT2D eigenvalue weighted by molar-refractivity contribution is 7.14. The fourth-order valence-electron chi connectivity index (χ4n) is 2.71. The van der Waals surface area contributed by atoms with E-state index in [9.17, 15) is 4.39 Å². The molecule has 0 unspecified atom stereocenters. The SMILES string of the molecule is C=CCN1CCC(Nc2nc(-c3ccc(F)cc3)cs2)CC1. The first kappa shape index (κ1) is 15.2. The molecule has 3 nitrogen and oxygen atoms in total. The summed E-state index contributed by atoms with van der Waals surface area (Å²) in [5, 5.41) is 6.49. The molecule has 22 heavy (non-hydrogen) atoms. The van der Waals surface area contributed by atoms with E-state index in [1.165, 1.54) is 12.1 Å². The first-order valence-electron chi connectivity index (χ1n) is 7.56. The minimum Gasteiger partial charge on any atom is -0.359 e. The lowest BCUT2D eigenvalue weighted by molar-refractivity contribution is 0.240. The number of benzene rings is 1. The highest BCUT2D eigenvalue weighted by atomic mass is 32.1. The van der Waals surface area contributed by atoms with E-state index in [2.05, 4.69) is 21.8 Å². The molecule has 1 N–H and O–H groups in total. The molecular weight excluding hydrogens is 297 g/mol. The summed E-state index contributed by atoms with van der Waals surface area (Å²) in [6, 6.07) is 6.95. The molecule has 1 saturated heterocycles. The van der Waals surface area contributed by atoms with Gasteiger partial charge in [0.05, 0.1) is 5.69 Å². The van der Waals surface area contributed by atoms with Gasteiger partial charge < -0.3 is 5.32 Å². The van der Waals surface area contributed by atoms with Crippen LogP contribution in [-0.4, -0.2) is 35.6 Å². The van der Waals surface area contributed by atoms with Crippen molar-refractivity contribution in [3.8, 4) is 11.3 Å². The minimum absolute atomic E-state index is 0.219. The van der Waals surface area contributed by atoms with Crippen molar-refractivity contribution in [2.24, 2.45) is 0 Å². The molecule has 3 rings (SSSR count). The Labute approximate surface area is 134 Å². The van der Waals surface area contributed by atoms with Crippen LogP contribution in [0.2, 0.25) is 0 Å². The number of hydrogen-bond acceptors (Lipinski definition) is 4. The normalized spacial score (nSPS) is 16.6. The highest BCUT2D eigenvalue weighted by Gasteiger charge is 2.19. The standard InChI is InChI=1S/C17H20FN3S/c1-2-9-21-10-7-15(8-11-21)19-17-20-16(12-22-17)13-3-5-14(18)6-4-13/h2-6,12,15H,1,7-11H2,(H,19,20). The molecule has 1 aromatic heterocycles. The highest BCUT2D eigenvalue weighted by Crippen LogP contribution is 2.26. The fourth-order valence-corrected chi connectivity index (χ4v) is 3.51. The number of nitrogens with one attached hydrogen (secondary N) is 1. The van der Waals surface area contributed by atoms with Gasteiger partial charge >= 0.3 is 0 Å². The second-order valence-corrected chi connectivity index (χ2v) is 6.41. The van der Waals surface area contributed by atoms with Gasteiger partial charge in [-0.25, -0.2) is 9.37 Å². The monoisotopic (exact) mass is 317 g/mol. The van der Waals surface area contributed by atoms with Gasteiger partial charge in [0.1, 0.15) is 5.82 Å². The van der Waals surface area contributed by atoms with Crippen molar-refractivity contribution < 1.29 is 4.39 Å². The van der Waals surface area contributed by atoms with Crippen molar-refractivity contribution in [2.45, 2.75) is 18.9 Å². The van der Waals surface area contributed by atoms with Gasteiger partial charge in [-0.2, -0.15) is 0 Å². The summed E-state index contributed by atoms with van der Waals surface area (Å²) in [6.45, 7) is 6.95. The van der Waals surface area contributed by atoms with E-state index in [0.29, 0.717) is 6.04 Å². The number of nitrogens with zero attached hydrogens (tertiary/aromatic N) is 2. The average molecular weight is 317 g/mol. The zero-order valence-corrected chi connectivity index (χ0v) is 13.3. The molecule has 0 atom stereocenters. The number of halogens is 1. The van der Waals surface area contributed by atoms with Crippen LogP contribution >= 0.6 is 11.3 Å². The van der Waals surface area contributed by atoms with E-state index < -0.39 is 0 Å². The number of likely N-dealkylation sites (tertiary alicyclic amines) is 1. The van der Waals surface area contributed by atoms with E-state index in [-0.39, 0.29) is 5.82 Å². The maximum Gasteiger partial charge on any atom is 0.183 e. The number of thiazole rings is 1. The molecule has 1 fully saturated rings. The number of piperidine rings is 1. The van der Waals surface area contributed by atoms with Gasteiger partial charge in [-0.1, -0.05) is 6.08 Å². The summed E-state index contributed by atoms with van der Waals surface area (Å²) >= 11 is 1.61. The minimum atomic E-state index is -0.219. The molecule has 116 valence electrons. The fraction of sp³-hybridized carbons (Fsp3) is 0.353. The Balaban J connectivity index is 1.58. The Hall–Kier alpha value is -1.72. The molecule has 1 aliphatic heterocycles. The molecule has 0 aliphatic carbocycles. The van der Waals surface area contributed by atoms with Crippen LogP contribution in [0, 0.1) is 5.82 Å². The number of rotatable bonds is 5. The van der Waals surface area contributed by atoms with Crippen molar-refractivity contribution in [3.63, 3.8) is 0 Å². The van der Waals surface area contributed by atoms with Gasteiger partial charge in [-0.15, -0.1) is 17.9 Å². The molecule has 0 saturated carbocycles. The number of aromatic nitrogens is 1. The van der Waals surface area contributed by atoms with Crippen molar-refractivity contribution in [3.05, 3.63) is 48.1 Å². The van der Waals surface area contributed by atoms with Crippen LogP contribution in [0.3, 0.4) is 0 Å². The van der Waals surface area contributed by atoms with E-state index >= 15 is 0 Å². The summed E-state index contributed by atoms with van der Waals surface area (Å²) in [7, 11) is 0. The predicted octanol–water partition coefficient (Wildman–Crippen LogP) is 4.01. The first-order chi connectivity index (χ1) is 10.7. The van der Waals surface area contributed by atoms with E-state index in [1.54, 1.807) is 23.5 Å². The van der Waals surface area contributed by atoms with E-state index in [0.717, 1.165) is 48.9 Å². The van der Waals surface area contributed by atoms with Gasteiger partial charge in [0, 0.05) is 36.6 Å². The third-order valence-corrected chi connectivity index (χ3v) is 4.72. The van der Waals surface area contributed by atoms with Crippen LogP contribution in [0.25, 0.3) is 11.3 Å². The van der Waals surface area contributed by atoms with Gasteiger partial charge in [-0.05, 0) is 37.1 Å². The molecule has 0 amide bonds. The molecular formula is C17H20FN3S. The zero-order valence-electron chi connectivity index (χ0n) is 12.5. The maximum absolute atomic E-state index is 13.0. The van der Waals surface area contributed by atoms with Crippen LogP contribution in [0.1, 0.15) is 12.8 Å². The lowest BCUT2D eigenvalue weighted by atomic mass is 10.1. The predicted molar refractivity (Wildman–Crippen MR) is 90.8 cm³/mol. The first-order valence-corrected chi connectivity index (χ1v) is 8.44. The third-order valence-electron chi connectivity index (χ3n) is 3.95. The van der Waals surface area contributed by atoms with Crippen LogP contribution < -0.4 is 5.32 Å². The van der Waals surface area contributed by atoms with Gasteiger partial charge in [-0.3, -0.25) is 4.90 Å². The summed E-state index contributed by atoms with van der Waals surface area (Å²) in [4.78, 5) is 7.03. The molecule has 1 aliphatic rings. The largest absolute Gasteiger partial charge is 0.359 e. The Morgan fingerprint density at radius 2 is 2.05 bits per heavy atom. The molecule has 0 spiro atoms. The van der Waals surface area contributed by atoms with Crippen LogP contribution in [0.15, 0.2) is 42.3 Å². The van der Waals surface area contributed by atoms with E-state index in [4.69, 9.17) is 0 Å².